The summed E-state index contributed by atoms with van der Waals surface area (Å²) in [6.07, 6.45) is 6.48. The molecule has 192 valence electrons. The molecule has 1 fully saturated rings. The van der Waals surface area contributed by atoms with E-state index in [0.717, 1.165) is 62.5 Å². The first-order chi connectivity index (χ1) is 18.0. The number of anilines is 2. The van der Waals surface area contributed by atoms with Crippen LogP contribution in [0.5, 0.6) is 0 Å². The van der Waals surface area contributed by atoms with Gasteiger partial charge in [0.1, 0.15) is 5.39 Å². The second-order valence-electron chi connectivity index (χ2n) is 10.3. The van der Waals surface area contributed by atoms with Crippen LogP contribution < -0.4 is 16.2 Å². The van der Waals surface area contributed by atoms with Crippen molar-refractivity contribution in [2.24, 2.45) is 0 Å². The minimum absolute atomic E-state index is 0.0407. The Hall–Kier alpha value is -3.56. The van der Waals surface area contributed by atoms with Crippen molar-refractivity contribution in [3.63, 3.8) is 0 Å². The number of fused-ring (bicyclic) bond motifs is 2. The third kappa shape index (κ3) is 4.65. The molecule has 37 heavy (non-hydrogen) atoms. The number of nitrogens with zero attached hydrogens (tertiary/aromatic N) is 6. The summed E-state index contributed by atoms with van der Waals surface area (Å²) < 4.78 is 3.83. The predicted molar refractivity (Wildman–Crippen MR) is 146 cm³/mol. The second kappa shape index (κ2) is 9.72. The number of benzene rings is 1. The van der Waals surface area contributed by atoms with Gasteiger partial charge in [0.2, 0.25) is 5.95 Å². The van der Waals surface area contributed by atoms with Crippen LogP contribution in [0, 0.1) is 0 Å². The highest BCUT2D eigenvalue weighted by molar-refractivity contribution is 5.77. The fraction of sp³-hybridized carbons (Fsp3) is 0.429. The molecule has 0 radical (unpaired) electrons. The lowest BCUT2D eigenvalue weighted by Crippen LogP contribution is -2.30. The van der Waals surface area contributed by atoms with Crippen molar-refractivity contribution in [2.75, 3.05) is 18.4 Å². The van der Waals surface area contributed by atoms with Gasteiger partial charge in [0.15, 0.2) is 5.65 Å². The smallest absolute Gasteiger partial charge is 0.278 e. The van der Waals surface area contributed by atoms with Gasteiger partial charge in [-0.2, -0.15) is 4.98 Å². The molecule has 0 amide bonds. The quantitative estimate of drug-likeness (QED) is 0.380. The number of rotatable bonds is 8. The van der Waals surface area contributed by atoms with Crippen LogP contribution in [-0.4, -0.2) is 48.3 Å². The van der Waals surface area contributed by atoms with Crippen molar-refractivity contribution in [2.45, 2.75) is 65.2 Å². The number of hydrogen-bond donors (Lipinski definition) is 2. The molecule has 0 bridgehead atoms. The van der Waals surface area contributed by atoms with E-state index in [1.54, 1.807) is 6.20 Å². The van der Waals surface area contributed by atoms with Gasteiger partial charge in [0.05, 0.1) is 17.4 Å². The molecule has 1 aromatic carbocycles. The van der Waals surface area contributed by atoms with E-state index in [1.165, 1.54) is 11.1 Å². The molecule has 2 N–H and O–H groups in total. The lowest BCUT2D eigenvalue weighted by molar-refractivity contribution is 0.222. The van der Waals surface area contributed by atoms with Gasteiger partial charge in [0, 0.05) is 37.2 Å². The van der Waals surface area contributed by atoms with Gasteiger partial charge in [-0.15, -0.1) is 0 Å². The monoisotopic (exact) mass is 498 g/mol. The molecule has 2 aliphatic rings. The van der Waals surface area contributed by atoms with E-state index in [2.05, 4.69) is 70.5 Å². The van der Waals surface area contributed by atoms with E-state index in [9.17, 15) is 4.79 Å². The van der Waals surface area contributed by atoms with E-state index in [1.807, 2.05) is 21.6 Å². The number of aromatic nitrogens is 5. The zero-order valence-corrected chi connectivity index (χ0v) is 21.7. The highest BCUT2D eigenvalue weighted by atomic mass is 16.1. The molecule has 0 unspecified atom stereocenters. The molecule has 4 aromatic rings. The Morgan fingerprint density at radius 2 is 2.03 bits per heavy atom. The average molecular weight is 499 g/mol. The lowest BCUT2D eigenvalue weighted by atomic mass is 10.0. The van der Waals surface area contributed by atoms with Crippen LogP contribution >= 0.6 is 0 Å². The predicted octanol–water partition coefficient (Wildman–Crippen LogP) is 3.93. The zero-order valence-electron chi connectivity index (χ0n) is 21.7. The first-order valence-electron chi connectivity index (χ1n) is 13.3. The maximum Gasteiger partial charge on any atom is 0.278 e. The lowest BCUT2D eigenvalue weighted by Gasteiger charge is -2.24. The van der Waals surface area contributed by atoms with Gasteiger partial charge in [-0.1, -0.05) is 13.0 Å². The van der Waals surface area contributed by atoms with Crippen molar-refractivity contribution in [3.8, 4) is 5.69 Å². The average Bonchev–Trinajstić information content (AvgIpc) is 3.71. The van der Waals surface area contributed by atoms with Crippen LogP contribution in [0.4, 0.5) is 11.6 Å². The maximum atomic E-state index is 13.4. The Bertz CT molecular complexity index is 1500. The van der Waals surface area contributed by atoms with Gasteiger partial charge in [0.25, 0.3) is 5.56 Å². The molecule has 9 heteroatoms. The molecular weight excluding hydrogens is 464 g/mol. The summed E-state index contributed by atoms with van der Waals surface area (Å²) in [5, 5.41) is 7.31. The fourth-order valence-corrected chi connectivity index (χ4v) is 5.19. The Morgan fingerprint density at radius 3 is 2.81 bits per heavy atom. The molecule has 6 rings (SSSR count). The van der Waals surface area contributed by atoms with Gasteiger partial charge in [-0.25, -0.2) is 14.3 Å². The van der Waals surface area contributed by atoms with E-state index in [4.69, 9.17) is 4.98 Å². The minimum atomic E-state index is -0.0407. The van der Waals surface area contributed by atoms with Crippen molar-refractivity contribution in [3.05, 3.63) is 69.9 Å². The summed E-state index contributed by atoms with van der Waals surface area (Å²) in [7, 11) is 0. The molecule has 0 saturated heterocycles. The van der Waals surface area contributed by atoms with Crippen LogP contribution in [0.15, 0.2) is 47.5 Å². The Labute approximate surface area is 216 Å². The summed E-state index contributed by atoms with van der Waals surface area (Å²) in [5.74, 6) is 0.481. The van der Waals surface area contributed by atoms with Crippen LogP contribution in [0.2, 0.25) is 0 Å². The third-order valence-electron chi connectivity index (χ3n) is 7.41. The van der Waals surface area contributed by atoms with Crippen LogP contribution in [0.3, 0.4) is 0 Å². The first kappa shape index (κ1) is 23.8. The van der Waals surface area contributed by atoms with Gasteiger partial charge >= 0.3 is 0 Å². The standard InChI is InChI=1S/C28H34N8O/c1-4-34(18(2)3)17-22-14-24(10-12-30-22)35-26-25(27(37)36(35)23-7-8-23)16-31-28(33-26)32-21-6-5-20-15-29-11-9-19(20)13-21/h5-6,10,12-14,16,18,23,29H,4,7-9,11,15,17H2,1-3H3,(H,31,32,33). The normalized spacial score (nSPS) is 15.5. The van der Waals surface area contributed by atoms with Gasteiger partial charge in [-0.05, 0) is 81.6 Å². The van der Waals surface area contributed by atoms with E-state index < -0.39 is 0 Å². The number of hydrogen-bond acceptors (Lipinski definition) is 7. The highest BCUT2D eigenvalue weighted by Gasteiger charge is 2.31. The van der Waals surface area contributed by atoms with Crippen molar-refractivity contribution >= 4 is 22.7 Å². The Balaban J connectivity index is 1.40. The Kier molecular flexibility index (Phi) is 6.26. The first-order valence-corrected chi connectivity index (χ1v) is 13.3. The fourth-order valence-electron chi connectivity index (χ4n) is 5.19. The van der Waals surface area contributed by atoms with E-state index >= 15 is 0 Å². The SMILES string of the molecule is CCN(Cc1cc(-n2c3nc(Nc4ccc5c(c4)CCNC5)ncc3c(=O)n2C2CC2)ccn1)C(C)C. The summed E-state index contributed by atoms with van der Waals surface area (Å²) in [6.45, 7) is 10.2. The zero-order chi connectivity index (χ0) is 25.5. The summed E-state index contributed by atoms with van der Waals surface area (Å²) in [4.78, 5) is 29.8. The molecule has 0 spiro atoms. The van der Waals surface area contributed by atoms with Crippen molar-refractivity contribution < 1.29 is 0 Å². The molecule has 1 aliphatic carbocycles. The summed E-state index contributed by atoms with van der Waals surface area (Å²) in [6, 6.07) is 11.0. The van der Waals surface area contributed by atoms with Gasteiger partial charge < -0.3 is 10.6 Å². The van der Waals surface area contributed by atoms with Crippen molar-refractivity contribution in [1.29, 1.82) is 0 Å². The summed E-state index contributed by atoms with van der Waals surface area (Å²) >= 11 is 0. The van der Waals surface area contributed by atoms with Crippen LogP contribution in [-0.2, 0) is 19.5 Å². The molecule has 1 saturated carbocycles. The van der Waals surface area contributed by atoms with Crippen LogP contribution in [0.25, 0.3) is 16.7 Å². The molecule has 1 aliphatic heterocycles. The third-order valence-corrected chi connectivity index (χ3v) is 7.41. The van der Waals surface area contributed by atoms with E-state index in [0.29, 0.717) is 23.0 Å². The largest absolute Gasteiger partial charge is 0.324 e. The molecule has 4 heterocycles. The molecule has 9 nitrogen and oxygen atoms in total. The molecule has 3 aromatic heterocycles. The second-order valence-corrected chi connectivity index (χ2v) is 10.3. The minimum Gasteiger partial charge on any atom is -0.324 e. The van der Waals surface area contributed by atoms with Gasteiger partial charge in [-0.3, -0.25) is 14.7 Å². The maximum absolute atomic E-state index is 13.4. The number of pyridine rings is 1. The van der Waals surface area contributed by atoms with Crippen molar-refractivity contribution in [1.82, 2.24) is 34.5 Å². The van der Waals surface area contributed by atoms with E-state index in [-0.39, 0.29) is 11.6 Å². The molecule has 0 atom stereocenters. The van der Waals surface area contributed by atoms with Crippen LogP contribution in [0.1, 0.15) is 56.5 Å². The Morgan fingerprint density at radius 1 is 1.16 bits per heavy atom. The summed E-state index contributed by atoms with van der Waals surface area (Å²) in [5.41, 5.74) is 6.07. The number of nitrogens with one attached hydrogen (secondary N) is 2. The topological polar surface area (TPSA) is 92.9 Å². The highest BCUT2D eigenvalue weighted by Crippen LogP contribution is 2.35. The molecular formula is C28H34N8O.